The molecule has 0 spiro atoms. The van der Waals surface area contributed by atoms with Crippen molar-refractivity contribution >= 4 is 24.0 Å². The predicted octanol–water partition coefficient (Wildman–Crippen LogP) is 2.49. The highest BCUT2D eigenvalue weighted by atomic mass is 35.5. The molecule has 0 fully saturated rings. The number of unbranched alkanes of at least 4 members (excludes halogenated alkanes) is 1. The summed E-state index contributed by atoms with van der Waals surface area (Å²) in [7, 11) is 1.86. The second-order valence-corrected chi connectivity index (χ2v) is 4.09. The summed E-state index contributed by atoms with van der Waals surface area (Å²) in [6.07, 6.45) is 2.63. The molecular formula is C13H21ClN2O. The Morgan fingerprint density at radius 3 is 2.41 bits per heavy atom. The van der Waals surface area contributed by atoms with Gasteiger partial charge in [0.25, 0.3) is 0 Å². The highest BCUT2D eigenvalue weighted by Crippen LogP contribution is 2.07. The van der Waals surface area contributed by atoms with Crippen molar-refractivity contribution < 1.29 is 4.79 Å². The van der Waals surface area contributed by atoms with Crippen LogP contribution < -0.4 is 5.73 Å². The molecular weight excluding hydrogens is 236 g/mol. The normalized spacial score (nSPS) is 9.53. The Kier molecular flexibility index (Phi) is 7.39. The smallest absolute Gasteiger partial charge is 0.226 e. The van der Waals surface area contributed by atoms with E-state index in [1.165, 1.54) is 0 Å². The largest absolute Gasteiger partial charge is 0.399 e. The Labute approximate surface area is 109 Å². The van der Waals surface area contributed by atoms with E-state index in [1.54, 1.807) is 4.90 Å². The van der Waals surface area contributed by atoms with Gasteiger partial charge in [-0.1, -0.05) is 25.5 Å². The van der Waals surface area contributed by atoms with Gasteiger partial charge in [-0.2, -0.15) is 0 Å². The monoisotopic (exact) mass is 256 g/mol. The van der Waals surface area contributed by atoms with Gasteiger partial charge in [0.1, 0.15) is 0 Å². The molecule has 1 aromatic rings. The van der Waals surface area contributed by atoms with E-state index in [-0.39, 0.29) is 18.3 Å². The van der Waals surface area contributed by atoms with E-state index in [0.29, 0.717) is 6.42 Å². The van der Waals surface area contributed by atoms with Crippen LogP contribution >= 0.6 is 12.4 Å². The van der Waals surface area contributed by atoms with Crippen LogP contribution in [-0.2, 0) is 11.2 Å². The number of nitrogens with zero attached hydrogens (tertiary/aromatic N) is 1. The first-order valence-electron chi connectivity index (χ1n) is 5.72. The van der Waals surface area contributed by atoms with E-state index in [4.69, 9.17) is 5.73 Å². The predicted molar refractivity (Wildman–Crippen MR) is 74.4 cm³/mol. The van der Waals surface area contributed by atoms with Gasteiger partial charge in [-0.15, -0.1) is 12.4 Å². The van der Waals surface area contributed by atoms with E-state index in [0.717, 1.165) is 30.6 Å². The van der Waals surface area contributed by atoms with Gasteiger partial charge < -0.3 is 10.6 Å². The molecule has 4 heteroatoms. The van der Waals surface area contributed by atoms with Crippen LogP contribution in [0.25, 0.3) is 0 Å². The second-order valence-electron chi connectivity index (χ2n) is 4.09. The maximum Gasteiger partial charge on any atom is 0.226 e. The molecule has 0 atom stereocenters. The second kappa shape index (κ2) is 7.96. The van der Waals surface area contributed by atoms with Gasteiger partial charge in [0.2, 0.25) is 5.91 Å². The number of nitrogens with two attached hydrogens (primary N) is 1. The molecule has 1 rings (SSSR count). The van der Waals surface area contributed by atoms with Gasteiger partial charge in [0.05, 0.1) is 6.42 Å². The Morgan fingerprint density at radius 1 is 1.29 bits per heavy atom. The van der Waals surface area contributed by atoms with Gasteiger partial charge in [0, 0.05) is 19.3 Å². The molecule has 17 heavy (non-hydrogen) atoms. The number of rotatable bonds is 5. The van der Waals surface area contributed by atoms with Gasteiger partial charge in [-0.25, -0.2) is 0 Å². The lowest BCUT2D eigenvalue weighted by atomic mass is 10.1. The number of nitrogen functional groups attached to an aromatic ring is 1. The summed E-state index contributed by atoms with van der Waals surface area (Å²) in [5, 5.41) is 0. The third-order valence-corrected chi connectivity index (χ3v) is 2.61. The number of hydrogen-bond donors (Lipinski definition) is 1. The molecule has 3 nitrogen and oxygen atoms in total. The van der Waals surface area contributed by atoms with Crippen molar-refractivity contribution in [2.45, 2.75) is 26.2 Å². The summed E-state index contributed by atoms with van der Waals surface area (Å²) in [5.74, 6) is 0.165. The molecule has 0 heterocycles. The summed E-state index contributed by atoms with van der Waals surface area (Å²) in [4.78, 5) is 13.6. The number of carbonyl (C=O) groups is 1. The molecule has 0 aliphatic heterocycles. The molecule has 0 unspecified atom stereocenters. The van der Waals surface area contributed by atoms with E-state index in [1.807, 2.05) is 31.3 Å². The van der Waals surface area contributed by atoms with Crippen LogP contribution in [-0.4, -0.2) is 24.4 Å². The average molecular weight is 257 g/mol. The van der Waals surface area contributed by atoms with Gasteiger partial charge in [0.15, 0.2) is 0 Å². The summed E-state index contributed by atoms with van der Waals surface area (Å²) in [5.41, 5.74) is 7.34. The molecule has 0 aliphatic carbocycles. The molecule has 0 bridgehead atoms. The highest BCUT2D eigenvalue weighted by molar-refractivity contribution is 5.85. The van der Waals surface area contributed by atoms with Crippen molar-refractivity contribution in [3.8, 4) is 0 Å². The molecule has 1 amide bonds. The van der Waals surface area contributed by atoms with Crippen molar-refractivity contribution in [1.29, 1.82) is 0 Å². The maximum absolute atomic E-state index is 11.8. The Hall–Kier alpha value is -1.22. The molecule has 0 saturated carbocycles. The third kappa shape index (κ3) is 5.59. The van der Waals surface area contributed by atoms with Crippen LogP contribution in [0, 0.1) is 0 Å². The van der Waals surface area contributed by atoms with Crippen molar-refractivity contribution in [2.24, 2.45) is 0 Å². The lowest BCUT2D eigenvalue weighted by Gasteiger charge is -2.16. The summed E-state index contributed by atoms with van der Waals surface area (Å²) >= 11 is 0. The number of likely N-dealkylation sites (N-methyl/N-ethyl adjacent to an activating group) is 1. The molecule has 0 radical (unpaired) electrons. The molecule has 96 valence electrons. The summed E-state index contributed by atoms with van der Waals surface area (Å²) in [6.45, 7) is 2.96. The van der Waals surface area contributed by atoms with Gasteiger partial charge in [-0.05, 0) is 24.1 Å². The van der Waals surface area contributed by atoms with Crippen molar-refractivity contribution in [1.82, 2.24) is 4.90 Å². The first-order chi connectivity index (χ1) is 7.63. The molecule has 1 aromatic carbocycles. The average Bonchev–Trinajstić information content (AvgIpc) is 2.29. The zero-order valence-corrected chi connectivity index (χ0v) is 11.3. The van der Waals surface area contributed by atoms with Crippen LogP contribution in [0.2, 0.25) is 0 Å². The fourth-order valence-corrected chi connectivity index (χ4v) is 1.47. The fraction of sp³-hybridized carbons (Fsp3) is 0.462. The quantitative estimate of drug-likeness (QED) is 0.823. The van der Waals surface area contributed by atoms with E-state index >= 15 is 0 Å². The van der Waals surface area contributed by atoms with E-state index < -0.39 is 0 Å². The minimum atomic E-state index is 0. The first kappa shape index (κ1) is 15.8. The van der Waals surface area contributed by atoms with Crippen molar-refractivity contribution in [3.05, 3.63) is 29.8 Å². The number of carbonyl (C=O) groups excluding carboxylic acids is 1. The van der Waals surface area contributed by atoms with E-state index in [2.05, 4.69) is 6.92 Å². The third-order valence-electron chi connectivity index (χ3n) is 2.61. The van der Waals surface area contributed by atoms with Crippen LogP contribution in [0.4, 0.5) is 5.69 Å². The number of anilines is 1. The molecule has 0 saturated heterocycles. The fourth-order valence-electron chi connectivity index (χ4n) is 1.47. The highest BCUT2D eigenvalue weighted by Gasteiger charge is 2.08. The Morgan fingerprint density at radius 2 is 1.88 bits per heavy atom. The lowest BCUT2D eigenvalue weighted by Crippen LogP contribution is -2.29. The molecule has 0 aromatic heterocycles. The Bertz CT molecular complexity index is 338. The van der Waals surface area contributed by atoms with E-state index in [9.17, 15) is 4.79 Å². The zero-order valence-electron chi connectivity index (χ0n) is 10.5. The first-order valence-corrected chi connectivity index (χ1v) is 5.72. The summed E-state index contributed by atoms with van der Waals surface area (Å²) < 4.78 is 0. The van der Waals surface area contributed by atoms with Gasteiger partial charge >= 0.3 is 0 Å². The minimum Gasteiger partial charge on any atom is -0.399 e. The number of hydrogen-bond acceptors (Lipinski definition) is 2. The molecule has 0 aliphatic rings. The minimum absolute atomic E-state index is 0. The number of amides is 1. The maximum atomic E-state index is 11.8. The zero-order chi connectivity index (χ0) is 12.0. The lowest BCUT2D eigenvalue weighted by molar-refractivity contribution is -0.129. The number of halogens is 1. The number of benzene rings is 1. The topological polar surface area (TPSA) is 46.3 Å². The Balaban J connectivity index is 0.00000256. The van der Waals surface area contributed by atoms with Gasteiger partial charge in [-0.3, -0.25) is 4.79 Å². The standard InChI is InChI=1S/C13H20N2O.ClH/c1-3-4-9-15(2)13(16)10-11-5-7-12(14)8-6-11;/h5-8H,3-4,9-10,14H2,1-2H3;1H. The van der Waals surface area contributed by atoms with Crippen LogP contribution in [0.3, 0.4) is 0 Å². The molecule has 2 N–H and O–H groups in total. The SMILES string of the molecule is CCCCN(C)C(=O)Cc1ccc(N)cc1.Cl. The summed E-state index contributed by atoms with van der Waals surface area (Å²) in [6, 6.07) is 7.46. The van der Waals surface area contributed by atoms with Crippen LogP contribution in [0.1, 0.15) is 25.3 Å². The van der Waals surface area contributed by atoms with Crippen LogP contribution in [0.15, 0.2) is 24.3 Å². The van der Waals surface area contributed by atoms with Crippen LogP contribution in [0.5, 0.6) is 0 Å². The van der Waals surface area contributed by atoms with Crippen molar-refractivity contribution in [3.63, 3.8) is 0 Å². The van der Waals surface area contributed by atoms with Crippen molar-refractivity contribution in [2.75, 3.05) is 19.3 Å².